The summed E-state index contributed by atoms with van der Waals surface area (Å²) in [6, 6.07) is 0. The maximum absolute atomic E-state index is 12.9. The Balaban J connectivity index is 1.60. The first-order valence-corrected chi connectivity index (χ1v) is 8.78. The normalized spacial score (nSPS) is 30.1. The van der Waals surface area contributed by atoms with Crippen molar-refractivity contribution in [2.24, 2.45) is 0 Å². The molecule has 0 aromatic carbocycles. The van der Waals surface area contributed by atoms with E-state index in [9.17, 15) is 10.3 Å². The Morgan fingerprint density at radius 3 is 2.86 bits per heavy atom. The number of β-amino-alcohol motifs (C(OH)–C–C–N with tert-alkyl or cyclic N) is 1. The number of unbranched alkanes of at least 4 members (excludes halogenated alkanes) is 3. The average molecular weight is 312 g/mol. The number of aromatic nitrogens is 2. The molecule has 3 rings (SSSR count). The number of aliphatic hydroxyl groups is 1. The SMILES string of the molecule is CCCCCCN1CC(O)[N+]([O-])(c2nnc(C3CC3)s2)C1. The molecule has 0 radical (unpaired) electrons. The van der Waals surface area contributed by atoms with Crippen LogP contribution in [-0.2, 0) is 0 Å². The van der Waals surface area contributed by atoms with Crippen molar-refractivity contribution in [2.45, 2.75) is 57.6 Å². The van der Waals surface area contributed by atoms with E-state index >= 15 is 0 Å². The van der Waals surface area contributed by atoms with E-state index in [4.69, 9.17) is 0 Å². The van der Waals surface area contributed by atoms with Gasteiger partial charge in [-0.3, -0.25) is 4.65 Å². The van der Waals surface area contributed by atoms with E-state index in [1.54, 1.807) is 0 Å². The largest absolute Gasteiger partial charge is 0.623 e. The van der Waals surface area contributed by atoms with E-state index in [0.29, 0.717) is 24.3 Å². The van der Waals surface area contributed by atoms with Crippen molar-refractivity contribution in [3.8, 4) is 0 Å². The van der Waals surface area contributed by atoms with Gasteiger partial charge >= 0.3 is 5.13 Å². The maximum Gasteiger partial charge on any atom is 0.309 e. The first-order chi connectivity index (χ1) is 10.1. The maximum atomic E-state index is 12.9. The molecular weight excluding hydrogens is 288 g/mol. The van der Waals surface area contributed by atoms with Crippen LogP contribution in [0.4, 0.5) is 5.13 Å². The van der Waals surface area contributed by atoms with Gasteiger partial charge in [-0.05, 0) is 30.6 Å². The first-order valence-electron chi connectivity index (χ1n) is 7.96. The molecule has 2 atom stereocenters. The van der Waals surface area contributed by atoms with Crippen molar-refractivity contribution >= 4 is 16.5 Å². The van der Waals surface area contributed by atoms with Gasteiger partial charge < -0.3 is 10.3 Å². The fourth-order valence-corrected chi connectivity index (χ4v) is 3.89. The minimum atomic E-state index is -0.934. The highest BCUT2D eigenvalue weighted by Crippen LogP contribution is 2.44. The van der Waals surface area contributed by atoms with Crippen LogP contribution in [0, 0.1) is 5.21 Å². The van der Waals surface area contributed by atoms with Gasteiger partial charge in [0.05, 0.1) is 6.54 Å². The highest BCUT2D eigenvalue weighted by molar-refractivity contribution is 7.15. The summed E-state index contributed by atoms with van der Waals surface area (Å²) < 4.78 is -0.738. The van der Waals surface area contributed by atoms with E-state index in [1.165, 1.54) is 30.6 Å². The van der Waals surface area contributed by atoms with Gasteiger partial charge in [0.2, 0.25) is 6.23 Å². The molecule has 118 valence electrons. The van der Waals surface area contributed by atoms with Crippen LogP contribution in [0.25, 0.3) is 0 Å². The van der Waals surface area contributed by atoms with Gasteiger partial charge in [-0.15, -0.1) is 5.10 Å². The van der Waals surface area contributed by atoms with Crippen molar-refractivity contribution in [1.82, 2.24) is 19.7 Å². The predicted molar refractivity (Wildman–Crippen MR) is 83.6 cm³/mol. The summed E-state index contributed by atoms with van der Waals surface area (Å²) in [7, 11) is 0. The summed E-state index contributed by atoms with van der Waals surface area (Å²) in [5.41, 5.74) is 0. The zero-order valence-corrected chi connectivity index (χ0v) is 13.4. The minimum absolute atomic E-state index is 0.298. The number of hydrogen-bond donors (Lipinski definition) is 1. The molecule has 0 spiro atoms. The number of aliphatic hydroxyl groups excluding tert-OH is 1. The molecule has 1 saturated heterocycles. The van der Waals surface area contributed by atoms with Crippen molar-refractivity contribution < 1.29 is 5.11 Å². The van der Waals surface area contributed by atoms with Crippen LogP contribution in [0.1, 0.15) is 56.4 Å². The molecule has 2 unspecified atom stereocenters. The molecule has 21 heavy (non-hydrogen) atoms. The van der Waals surface area contributed by atoms with E-state index in [1.807, 2.05) is 0 Å². The monoisotopic (exact) mass is 312 g/mol. The molecule has 1 saturated carbocycles. The second kappa shape index (κ2) is 6.26. The summed E-state index contributed by atoms with van der Waals surface area (Å²) in [5, 5.41) is 32.7. The Morgan fingerprint density at radius 2 is 2.14 bits per heavy atom. The van der Waals surface area contributed by atoms with Crippen LogP contribution in [0.5, 0.6) is 0 Å². The summed E-state index contributed by atoms with van der Waals surface area (Å²) in [4.78, 5) is 2.06. The number of nitrogens with zero attached hydrogens (tertiary/aromatic N) is 4. The smallest absolute Gasteiger partial charge is 0.309 e. The molecule has 1 aromatic heterocycles. The number of hydrogen-bond acceptors (Lipinski definition) is 6. The van der Waals surface area contributed by atoms with Gasteiger partial charge in [0.25, 0.3) is 0 Å². The summed E-state index contributed by atoms with van der Waals surface area (Å²) >= 11 is 1.39. The quantitative estimate of drug-likeness (QED) is 0.475. The highest BCUT2D eigenvalue weighted by Gasteiger charge is 2.43. The fraction of sp³-hybridized carbons (Fsp3) is 0.857. The molecule has 1 aliphatic carbocycles. The summed E-state index contributed by atoms with van der Waals surface area (Å²) in [5.74, 6) is 0.507. The fourth-order valence-electron chi connectivity index (χ4n) is 2.80. The Hall–Kier alpha value is -0.600. The van der Waals surface area contributed by atoms with Crippen molar-refractivity contribution in [3.63, 3.8) is 0 Å². The molecule has 6 nitrogen and oxygen atoms in total. The van der Waals surface area contributed by atoms with Crippen LogP contribution in [0.15, 0.2) is 0 Å². The van der Waals surface area contributed by atoms with Crippen LogP contribution < -0.4 is 4.65 Å². The Labute approximate surface area is 129 Å². The van der Waals surface area contributed by atoms with Crippen molar-refractivity contribution in [1.29, 1.82) is 0 Å². The van der Waals surface area contributed by atoms with Crippen LogP contribution in [0.3, 0.4) is 0 Å². The first kappa shape index (κ1) is 15.3. The third kappa shape index (κ3) is 3.27. The summed E-state index contributed by atoms with van der Waals surface area (Å²) in [6.45, 7) is 3.81. The Morgan fingerprint density at radius 1 is 1.33 bits per heavy atom. The van der Waals surface area contributed by atoms with E-state index < -0.39 is 10.9 Å². The number of hydroxylamine groups is 2. The van der Waals surface area contributed by atoms with Crippen LogP contribution in [0.2, 0.25) is 0 Å². The third-order valence-electron chi connectivity index (χ3n) is 4.32. The lowest BCUT2D eigenvalue weighted by Crippen LogP contribution is -2.48. The number of quaternary nitrogens is 1. The molecule has 2 heterocycles. The van der Waals surface area contributed by atoms with Gasteiger partial charge in [0, 0.05) is 12.5 Å². The van der Waals surface area contributed by atoms with E-state index in [2.05, 4.69) is 22.0 Å². The molecule has 2 fully saturated rings. The number of rotatable bonds is 7. The average Bonchev–Trinajstić information content (AvgIpc) is 3.11. The van der Waals surface area contributed by atoms with Gasteiger partial charge in [-0.1, -0.05) is 31.3 Å². The van der Waals surface area contributed by atoms with Gasteiger partial charge in [-0.2, -0.15) is 0 Å². The van der Waals surface area contributed by atoms with Gasteiger partial charge in [-0.25, -0.2) is 4.90 Å². The van der Waals surface area contributed by atoms with Crippen LogP contribution >= 0.6 is 11.3 Å². The predicted octanol–water partition coefficient (Wildman–Crippen LogP) is 2.39. The van der Waals surface area contributed by atoms with Crippen molar-refractivity contribution in [2.75, 3.05) is 19.8 Å². The molecule has 0 amide bonds. The summed E-state index contributed by atoms with van der Waals surface area (Å²) in [6.07, 6.45) is 6.08. The topological polar surface area (TPSA) is 72.3 Å². The second-order valence-electron chi connectivity index (χ2n) is 6.25. The van der Waals surface area contributed by atoms with E-state index in [-0.39, 0.29) is 0 Å². The van der Waals surface area contributed by atoms with E-state index in [0.717, 1.165) is 30.8 Å². The molecule has 7 heteroatoms. The molecular formula is C14H24N4O2S. The molecule has 1 N–H and O–H groups in total. The second-order valence-corrected chi connectivity index (χ2v) is 7.24. The zero-order valence-electron chi connectivity index (χ0n) is 12.6. The lowest BCUT2D eigenvalue weighted by molar-refractivity contribution is 0.0843. The lowest BCUT2D eigenvalue weighted by atomic mass is 10.2. The van der Waals surface area contributed by atoms with Crippen molar-refractivity contribution in [3.05, 3.63) is 10.2 Å². The zero-order chi connectivity index (χ0) is 14.9. The Bertz CT molecular complexity index is 479. The highest BCUT2D eigenvalue weighted by atomic mass is 32.1. The van der Waals surface area contributed by atoms with Gasteiger partial charge in [0.15, 0.2) is 0 Å². The third-order valence-corrected chi connectivity index (χ3v) is 5.52. The molecule has 2 aliphatic rings. The van der Waals surface area contributed by atoms with Crippen LogP contribution in [-0.4, -0.2) is 46.2 Å². The Kier molecular flexibility index (Phi) is 4.56. The minimum Gasteiger partial charge on any atom is -0.623 e. The molecule has 1 aliphatic heterocycles. The molecule has 0 bridgehead atoms. The standard InChI is InChI=1S/C14H24N4O2S/c1-2-3-4-5-8-17-9-12(19)18(20,10-17)14-16-15-13(21-14)11-6-7-11/h11-12,19H,2-10H2,1H3. The molecule has 1 aromatic rings. The lowest BCUT2D eigenvalue weighted by Gasteiger charge is -2.36. The van der Waals surface area contributed by atoms with Gasteiger partial charge in [0.1, 0.15) is 11.7 Å².